The summed E-state index contributed by atoms with van der Waals surface area (Å²) in [5.41, 5.74) is -0.464. The predicted molar refractivity (Wildman–Crippen MR) is 82.2 cm³/mol. The summed E-state index contributed by atoms with van der Waals surface area (Å²) in [4.78, 5) is 26.9. The zero-order valence-electron chi connectivity index (χ0n) is 12.5. The molecule has 3 rings (SSSR count). The van der Waals surface area contributed by atoms with Gasteiger partial charge in [0.25, 0.3) is 0 Å². The predicted octanol–water partition coefficient (Wildman–Crippen LogP) is 1.94. The van der Waals surface area contributed by atoms with E-state index in [0.717, 1.165) is 30.6 Å². The van der Waals surface area contributed by atoms with E-state index >= 15 is 0 Å². The molecule has 0 bridgehead atoms. The van der Waals surface area contributed by atoms with E-state index in [1.807, 2.05) is 17.5 Å². The first-order chi connectivity index (χ1) is 10.6. The molecule has 22 heavy (non-hydrogen) atoms. The third-order valence-electron chi connectivity index (χ3n) is 4.58. The highest BCUT2D eigenvalue weighted by molar-refractivity contribution is 7.09. The standard InChI is InChI=1S/C16H21NO4S/c18-12(10-21-11-13-4-3-7-22-13)9-17-14(19)8-16(15(17)20)5-1-2-6-16/h3-4,7,12,18H,1-2,5-6,8-11H2/t12-/m1/s1. The van der Waals surface area contributed by atoms with Crippen molar-refractivity contribution in [2.45, 2.75) is 44.8 Å². The average molecular weight is 323 g/mol. The molecule has 0 radical (unpaired) electrons. The fourth-order valence-electron chi connectivity index (χ4n) is 3.44. The Kier molecular flexibility index (Phi) is 4.61. The van der Waals surface area contributed by atoms with Gasteiger partial charge in [-0.2, -0.15) is 0 Å². The summed E-state index contributed by atoms with van der Waals surface area (Å²) in [6.07, 6.45) is 3.12. The topological polar surface area (TPSA) is 66.8 Å². The van der Waals surface area contributed by atoms with Crippen LogP contribution in [0.2, 0.25) is 0 Å². The summed E-state index contributed by atoms with van der Waals surface area (Å²) in [7, 11) is 0. The van der Waals surface area contributed by atoms with E-state index in [1.165, 1.54) is 4.90 Å². The maximum atomic E-state index is 12.5. The van der Waals surface area contributed by atoms with Gasteiger partial charge in [-0.15, -0.1) is 11.3 Å². The van der Waals surface area contributed by atoms with Gasteiger partial charge in [0, 0.05) is 11.3 Å². The number of thiophene rings is 1. The molecule has 1 N–H and O–H groups in total. The van der Waals surface area contributed by atoms with E-state index in [1.54, 1.807) is 11.3 Å². The van der Waals surface area contributed by atoms with Crippen LogP contribution in [0.15, 0.2) is 17.5 Å². The van der Waals surface area contributed by atoms with Crippen LogP contribution in [0.1, 0.15) is 37.0 Å². The van der Waals surface area contributed by atoms with Crippen molar-refractivity contribution in [2.75, 3.05) is 13.2 Å². The molecule has 1 aromatic rings. The van der Waals surface area contributed by atoms with Gasteiger partial charge in [0.05, 0.1) is 31.3 Å². The lowest BCUT2D eigenvalue weighted by Crippen LogP contribution is -2.40. The lowest BCUT2D eigenvalue weighted by molar-refractivity contribution is -0.143. The first-order valence-corrected chi connectivity index (χ1v) is 8.62. The van der Waals surface area contributed by atoms with Crippen LogP contribution in [-0.4, -0.2) is 41.1 Å². The Bertz CT molecular complexity index is 536. The molecule has 2 amide bonds. The molecule has 1 aliphatic heterocycles. The number of aliphatic hydroxyl groups excluding tert-OH is 1. The van der Waals surface area contributed by atoms with Crippen molar-refractivity contribution < 1.29 is 19.4 Å². The van der Waals surface area contributed by atoms with Gasteiger partial charge in [0.15, 0.2) is 0 Å². The summed E-state index contributed by atoms with van der Waals surface area (Å²) in [6, 6.07) is 3.91. The molecule has 1 saturated heterocycles. The van der Waals surface area contributed by atoms with Gasteiger partial charge < -0.3 is 9.84 Å². The molecule has 2 aliphatic rings. The maximum absolute atomic E-state index is 12.5. The molecular weight excluding hydrogens is 302 g/mol. The Morgan fingerprint density at radius 2 is 2.14 bits per heavy atom. The third kappa shape index (κ3) is 3.09. The molecule has 1 aliphatic carbocycles. The average Bonchev–Trinajstić information content (AvgIpc) is 3.19. The van der Waals surface area contributed by atoms with Gasteiger partial charge in [0.2, 0.25) is 11.8 Å². The van der Waals surface area contributed by atoms with Gasteiger partial charge >= 0.3 is 0 Å². The maximum Gasteiger partial charge on any atom is 0.235 e. The van der Waals surface area contributed by atoms with Crippen LogP contribution in [0.4, 0.5) is 0 Å². The van der Waals surface area contributed by atoms with Crippen LogP contribution in [0, 0.1) is 5.41 Å². The summed E-state index contributed by atoms with van der Waals surface area (Å²) in [5, 5.41) is 12.0. The SMILES string of the molecule is O=C1CC2(CCCC2)C(=O)N1C[C@@H](O)COCc1cccs1. The number of amides is 2. The monoisotopic (exact) mass is 323 g/mol. The van der Waals surface area contributed by atoms with Crippen LogP contribution in [-0.2, 0) is 20.9 Å². The minimum atomic E-state index is -0.829. The van der Waals surface area contributed by atoms with E-state index in [2.05, 4.69) is 0 Å². The van der Waals surface area contributed by atoms with E-state index in [0.29, 0.717) is 13.0 Å². The van der Waals surface area contributed by atoms with Crippen molar-refractivity contribution in [1.82, 2.24) is 4.90 Å². The summed E-state index contributed by atoms with van der Waals surface area (Å²) in [5.74, 6) is -0.239. The number of hydrogen-bond donors (Lipinski definition) is 1. The molecule has 1 saturated carbocycles. The van der Waals surface area contributed by atoms with Crippen molar-refractivity contribution in [1.29, 1.82) is 0 Å². The van der Waals surface area contributed by atoms with E-state index < -0.39 is 11.5 Å². The Hall–Kier alpha value is -1.24. The number of nitrogens with zero attached hydrogens (tertiary/aromatic N) is 1. The van der Waals surface area contributed by atoms with Crippen molar-refractivity contribution in [3.05, 3.63) is 22.4 Å². The molecule has 1 aromatic heterocycles. The van der Waals surface area contributed by atoms with Crippen molar-refractivity contribution >= 4 is 23.2 Å². The molecule has 0 unspecified atom stereocenters. The smallest absolute Gasteiger partial charge is 0.235 e. The Morgan fingerprint density at radius 1 is 1.36 bits per heavy atom. The number of ether oxygens (including phenoxy) is 1. The Morgan fingerprint density at radius 3 is 2.82 bits per heavy atom. The molecule has 2 heterocycles. The number of aliphatic hydroxyl groups is 1. The van der Waals surface area contributed by atoms with Crippen molar-refractivity contribution in [3.63, 3.8) is 0 Å². The summed E-state index contributed by atoms with van der Waals surface area (Å²) >= 11 is 1.60. The third-order valence-corrected chi connectivity index (χ3v) is 5.43. The van der Waals surface area contributed by atoms with E-state index in [-0.39, 0.29) is 25.0 Å². The molecule has 0 aromatic carbocycles. The second-order valence-corrected chi connectivity index (χ2v) is 7.25. The lowest BCUT2D eigenvalue weighted by Gasteiger charge is -2.22. The van der Waals surface area contributed by atoms with Gasteiger partial charge in [-0.05, 0) is 24.3 Å². The molecule has 120 valence electrons. The van der Waals surface area contributed by atoms with Gasteiger partial charge in [-0.3, -0.25) is 14.5 Å². The van der Waals surface area contributed by atoms with Crippen LogP contribution in [0.3, 0.4) is 0 Å². The van der Waals surface area contributed by atoms with E-state index in [4.69, 9.17) is 4.74 Å². The highest BCUT2D eigenvalue weighted by Gasteiger charge is 2.52. The zero-order chi connectivity index (χ0) is 15.6. The minimum Gasteiger partial charge on any atom is -0.389 e. The molecular formula is C16H21NO4S. The van der Waals surface area contributed by atoms with Crippen molar-refractivity contribution in [3.8, 4) is 0 Å². The number of hydrogen-bond acceptors (Lipinski definition) is 5. The number of likely N-dealkylation sites (tertiary alicyclic amines) is 1. The largest absolute Gasteiger partial charge is 0.389 e. The highest BCUT2D eigenvalue weighted by atomic mass is 32.1. The number of β-amino-alcohol motifs (C(OH)–C–C–N with tert-alkyl or cyclic N) is 1. The first kappa shape index (κ1) is 15.6. The van der Waals surface area contributed by atoms with Crippen LogP contribution < -0.4 is 0 Å². The quantitative estimate of drug-likeness (QED) is 0.813. The second kappa shape index (κ2) is 6.48. The summed E-state index contributed by atoms with van der Waals surface area (Å²) < 4.78 is 5.45. The minimum absolute atomic E-state index is 0.0455. The number of imide groups is 1. The zero-order valence-corrected chi connectivity index (χ0v) is 13.3. The van der Waals surface area contributed by atoms with Gasteiger partial charge in [-0.25, -0.2) is 0 Å². The first-order valence-electron chi connectivity index (χ1n) is 7.74. The lowest BCUT2D eigenvalue weighted by atomic mass is 9.84. The molecule has 1 atom stereocenters. The fraction of sp³-hybridized carbons (Fsp3) is 0.625. The molecule has 2 fully saturated rings. The number of carbonyl (C=O) groups excluding carboxylic acids is 2. The van der Waals surface area contributed by atoms with Crippen LogP contribution >= 0.6 is 11.3 Å². The second-order valence-electron chi connectivity index (χ2n) is 6.22. The molecule has 6 heteroatoms. The van der Waals surface area contributed by atoms with E-state index in [9.17, 15) is 14.7 Å². The van der Waals surface area contributed by atoms with Crippen LogP contribution in [0.5, 0.6) is 0 Å². The highest BCUT2D eigenvalue weighted by Crippen LogP contribution is 2.46. The summed E-state index contributed by atoms with van der Waals surface area (Å²) in [6.45, 7) is 0.617. The Balaban J connectivity index is 1.49. The van der Waals surface area contributed by atoms with Crippen LogP contribution in [0.25, 0.3) is 0 Å². The normalized spacial score (nSPS) is 22.0. The Labute approximate surface area is 133 Å². The van der Waals surface area contributed by atoms with Gasteiger partial charge in [0.1, 0.15) is 0 Å². The van der Waals surface area contributed by atoms with Crippen molar-refractivity contribution in [2.24, 2.45) is 5.41 Å². The number of rotatable bonds is 6. The molecule has 5 nitrogen and oxygen atoms in total. The van der Waals surface area contributed by atoms with Gasteiger partial charge in [-0.1, -0.05) is 18.9 Å². The molecule has 1 spiro atoms. The number of carbonyl (C=O) groups is 2. The fourth-order valence-corrected chi connectivity index (χ4v) is 4.08.